The molecule has 0 aromatic heterocycles. The lowest BCUT2D eigenvalue weighted by Gasteiger charge is -2.14. The zero-order chi connectivity index (χ0) is 7.61. The van der Waals surface area contributed by atoms with Gasteiger partial charge in [0.25, 0.3) is 5.92 Å². The Kier molecular flexibility index (Phi) is 1.72. The minimum atomic E-state index is -2.69. The Morgan fingerprint density at radius 3 is 2.70 bits per heavy atom. The van der Waals surface area contributed by atoms with Crippen LogP contribution in [0.15, 0.2) is 23.9 Å². The van der Waals surface area contributed by atoms with Crippen molar-refractivity contribution in [2.45, 2.75) is 12.3 Å². The van der Waals surface area contributed by atoms with Gasteiger partial charge in [-0.25, -0.2) is 8.78 Å². The van der Waals surface area contributed by atoms with Gasteiger partial charge in [0.2, 0.25) is 0 Å². The summed E-state index contributed by atoms with van der Waals surface area (Å²) >= 11 is 0. The molecule has 0 aromatic rings. The molecule has 0 saturated heterocycles. The summed E-state index contributed by atoms with van der Waals surface area (Å²) in [4.78, 5) is 0. The van der Waals surface area contributed by atoms with Gasteiger partial charge in [-0.1, -0.05) is 6.08 Å². The van der Waals surface area contributed by atoms with Crippen LogP contribution in [-0.4, -0.2) is 5.92 Å². The lowest BCUT2D eigenvalue weighted by molar-refractivity contribution is 0.0569. The van der Waals surface area contributed by atoms with Crippen LogP contribution in [-0.2, 0) is 0 Å². The second kappa shape index (κ2) is 2.38. The van der Waals surface area contributed by atoms with Gasteiger partial charge in [0.05, 0.1) is 0 Å². The minimum Gasteiger partial charge on any atom is -0.324 e. The van der Waals surface area contributed by atoms with Crippen LogP contribution in [0, 0.1) is 0 Å². The summed E-state index contributed by atoms with van der Waals surface area (Å²) in [7, 11) is 0. The van der Waals surface area contributed by atoms with Crippen LogP contribution in [0.25, 0.3) is 0 Å². The van der Waals surface area contributed by atoms with Crippen molar-refractivity contribution >= 4 is 0 Å². The Hall–Kier alpha value is -0.900. The maximum Gasteiger partial charge on any atom is 0.270 e. The standard InChI is InChI=1S/C6H8F2N2/c7-6(8)3-1-5(10-9)2-4-6/h1-3,10H,4,9H2. The minimum absolute atomic E-state index is 0.275. The quantitative estimate of drug-likeness (QED) is 0.426. The largest absolute Gasteiger partial charge is 0.324 e. The third kappa shape index (κ3) is 1.54. The third-order valence-corrected chi connectivity index (χ3v) is 1.27. The number of rotatable bonds is 1. The molecule has 0 spiro atoms. The number of allylic oxidation sites excluding steroid dienone is 3. The summed E-state index contributed by atoms with van der Waals surface area (Å²) in [6.07, 6.45) is 3.19. The van der Waals surface area contributed by atoms with E-state index in [1.807, 2.05) is 0 Å². The predicted octanol–water partition coefficient (Wildman–Crippen LogP) is 0.929. The number of nitrogens with two attached hydrogens (primary N) is 1. The maximum atomic E-state index is 12.3. The smallest absolute Gasteiger partial charge is 0.270 e. The molecule has 0 aromatic carbocycles. The Bertz CT molecular complexity index is 184. The molecule has 10 heavy (non-hydrogen) atoms. The highest BCUT2D eigenvalue weighted by molar-refractivity contribution is 5.23. The van der Waals surface area contributed by atoms with Crippen LogP contribution in [0.5, 0.6) is 0 Å². The molecule has 1 aliphatic carbocycles. The van der Waals surface area contributed by atoms with Gasteiger partial charge < -0.3 is 5.43 Å². The number of halogens is 2. The Morgan fingerprint density at radius 1 is 1.60 bits per heavy atom. The lowest BCUT2D eigenvalue weighted by atomic mass is 10.1. The van der Waals surface area contributed by atoms with Crippen molar-refractivity contribution in [2.24, 2.45) is 5.84 Å². The lowest BCUT2D eigenvalue weighted by Crippen LogP contribution is -2.24. The van der Waals surface area contributed by atoms with Crippen molar-refractivity contribution in [3.63, 3.8) is 0 Å². The van der Waals surface area contributed by atoms with E-state index < -0.39 is 5.92 Å². The summed E-state index contributed by atoms with van der Waals surface area (Å²) in [5.74, 6) is 2.28. The van der Waals surface area contributed by atoms with Crippen LogP contribution in [0.2, 0.25) is 0 Å². The fraction of sp³-hybridized carbons (Fsp3) is 0.333. The van der Waals surface area contributed by atoms with E-state index in [9.17, 15) is 8.78 Å². The summed E-state index contributed by atoms with van der Waals surface area (Å²) in [5, 5.41) is 0. The van der Waals surface area contributed by atoms with E-state index in [1.165, 1.54) is 12.2 Å². The SMILES string of the molecule is NNC1=CCC(F)(F)C=C1. The first-order valence-corrected chi connectivity index (χ1v) is 2.88. The fourth-order valence-corrected chi connectivity index (χ4v) is 0.701. The first-order valence-electron chi connectivity index (χ1n) is 2.88. The molecule has 0 radical (unpaired) electrons. The van der Waals surface area contributed by atoms with Gasteiger partial charge in [-0.15, -0.1) is 0 Å². The number of hydrogen-bond donors (Lipinski definition) is 2. The van der Waals surface area contributed by atoms with Gasteiger partial charge in [0.1, 0.15) is 0 Å². The van der Waals surface area contributed by atoms with E-state index >= 15 is 0 Å². The molecule has 0 heterocycles. The van der Waals surface area contributed by atoms with Gasteiger partial charge in [-0.3, -0.25) is 5.84 Å². The van der Waals surface area contributed by atoms with Crippen molar-refractivity contribution < 1.29 is 8.78 Å². The molecule has 56 valence electrons. The van der Waals surface area contributed by atoms with Crippen molar-refractivity contribution in [3.05, 3.63) is 23.9 Å². The summed E-state index contributed by atoms with van der Waals surface area (Å²) in [6, 6.07) is 0. The molecule has 0 amide bonds. The van der Waals surface area contributed by atoms with Crippen LogP contribution >= 0.6 is 0 Å². The van der Waals surface area contributed by atoms with Gasteiger partial charge in [-0.05, 0) is 12.2 Å². The fourth-order valence-electron chi connectivity index (χ4n) is 0.701. The average molecular weight is 146 g/mol. The second-order valence-corrected chi connectivity index (χ2v) is 2.10. The Labute approximate surface area is 57.4 Å². The molecule has 0 aliphatic heterocycles. The van der Waals surface area contributed by atoms with Crippen LogP contribution < -0.4 is 11.3 Å². The second-order valence-electron chi connectivity index (χ2n) is 2.10. The molecular formula is C6H8F2N2. The first kappa shape index (κ1) is 7.21. The highest BCUT2D eigenvalue weighted by atomic mass is 19.3. The number of hydrazine groups is 1. The number of alkyl halides is 2. The summed E-state index contributed by atoms with van der Waals surface area (Å²) in [6.45, 7) is 0. The molecule has 0 bridgehead atoms. The van der Waals surface area contributed by atoms with Crippen LogP contribution in [0.4, 0.5) is 8.78 Å². The summed E-state index contributed by atoms with van der Waals surface area (Å²) in [5.41, 5.74) is 2.82. The molecule has 1 rings (SSSR count). The van der Waals surface area contributed by atoms with E-state index in [-0.39, 0.29) is 6.42 Å². The van der Waals surface area contributed by atoms with E-state index in [1.54, 1.807) is 0 Å². The molecule has 1 aliphatic rings. The summed E-state index contributed by atoms with van der Waals surface area (Å²) < 4.78 is 24.6. The highest BCUT2D eigenvalue weighted by Gasteiger charge is 2.25. The molecule has 4 heteroatoms. The Morgan fingerprint density at radius 2 is 2.30 bits per heavy atom. The average Bonchev–Trinajstić information content (AvgIpc) is 1.88. The van der Waals surface area contributed by atoms with E-state index in [0.29, 0.717) is 5.70 Å². The molecular weight excluding hydrogens is 138 g/mol. The van der Waals surface area contributed by atoms with Crippen molar-refractivity contribution in [1.29, 1.82) is 0 Å². The van der Waals surface area contributed by atoms with Crippen molar-refractivity contribution in [3.8, 4) is 0 Å². The van der Waals surface area contributed by atoms with Gasteiger partial charge >= 0.3 is 0 Å². The molecule has 0 fully saturated rings. The molecule has 0 saturated carbocycles. The van der Waals surface area contributed by atoms with Crippen LogP contribution in [0.1, 0.15) is 6.42 Å². The Balaban J connectivity index is 2.63. The molecule has 0 unspecified atom stereocenters. The third-order valence-electron chi connectivity index (χ3n) is 1.27. The molecule has 3 N–H and O–H groups in total. The highest BCUT2D eigenvalue weighted by Crippen LogP contribution is 2.24. The van der Waals surface area contributed by atoms with Crippen LogP contribution in [0.3, 0.4) is 0 Å². The molecule has 2 nitrogen and oxygen atoms in total. The topological polar surface area (TPSA) is 38.0 Å². The van der Waals surface area contributed by atoms with Gasteiger partial charge in [0.15, 0.2) is 0 Å². The number of nitrogens with one attached hydrogen (secondary N) is 1. The van der Waals surface area contributed by atoms with Gasteiger partial charge in [-0.2, -0.15) is 0 Å². The zero-order valence-electron chi connectivity index (χ0n) is 5.27. The monoisotopic (exact) mass is 146 g/mol. The zero-order valence-corrected chi connectivity index (χ0v) is 5.27. The normalized spacial score (nSPS) is 22.1. The number of hydrogen-bond acceptors (Lipinski definition) is 2. The van der Waals surface area contributed by atoms with E-state index in [4.69, 9.17) is 5.84 Å². The predicted molar refractivity (Wildman–Crippen MR) is 34.1 cm³/mol. The van der Waals surface area contributed by atoms with E-state index in [0.717, 1.165) is 6.08 Å². The van der Waals surface area contributed by atoms with Crippen molar-refractivity contribution in [1.82, 2.24) is 5.43 Å². The van der Waals surface area contributed by atoms with Crippen molar-refractivity contribution in [2.75, 3.05) is 0 Å². The van der Waals surface area contributed by atoms with E-state index in [2.05, 4.69) is 5.43 Å². The maximum absolute atomic E-state index is 12.3. The first-order chi connectivity index (χ1) is 4.64. The van der Waals surface area contributed by atoms with Gasteiger partial charge in [0, 0.05) is 12.1 Å². The molecule has 0 atom stereocenters.